The van der Waals surface area contributed by atoms with Gasteiger partial charge in [0.2, 0.25) is 0 Å². The number of rotatable bonds is 4. The van der Waals surface area contributed by atoms with Gasteiger partial charge in [0.25, 0.3) is 5.56 Å². The van der Waals surface area contributed by atoms with Crippen LogP contribution in [0.4, 0.5) is 0 Å². The SMILES string of the molecule is C[C@H](Sc1nc(-c2ccccc2)c(C#N)c(=O)[nH]1)C(=O)[O-]. The van der Waals surface area contributed by atoms with Crippen molar-refractivity contribution in [2.45, 2.75) is 17.3 Å². The van der Waals surface area contributed by atoms with Gasteiger partial charge in [-0.05, 0) is 6.92 Å². The van der Waals surface area contributed by atoms with E-state index in [0.717, 1.165) is 11.8 Å². The Labute approximate surface area is 124 Å². The molecule has 0 radical (unpaired) electrons. The van der Waals surface area contributed by atoms with E-state index in [1.807, 2.05) is 6.07 Å². The van der Waals surface area contributed by atoms with Gasteiger partial charge in [-0.2, -0.15) is 5.26 Å². The number of nitriles is 1. The molecule has 0 spiro atoms. The molecule has 0 fully saturated rings. The Hall–Kier alpha value is -2.59. The molecule has 0 bridgehead atoms. The number of aromatic amines is 1. The normalized spacial score (nSPS) is 11.6. The van der Waals surface area contributed by atoms with Crippen molar-refractivity contribution in [2.75, 3.05) is 0 Å². The third-order valence-corrected chi connectivity index (χ3v) is 3.64. The minimum Gasteiger partial charge on any atom is -0.549 e. The van der Waals surface area contributed by atoms with Crippen LogP contribution in [-0.4, -0.2) is 21.2 Å². The number of carboxylic acids is 1. The lowest BCUT2D eigenvalue weighted by molar-refractivity contribution is -0.304. The summed E-state index contributed by atoms with van der Waals surface area (Å²) in [4.78, 5) is 29.3. The molecular formula is C14H10N3O3S-. The van der Waals surface area contributed by atoms with E-state index in [4.69, 9.17) is 5.26 Å². The standard InChI is InChI=1S/C14H11N3O3S/c1-8(13(19)20)21-14-16-11(9-5-3-2-4-6-9)10(7-15)12(18)17-14/h2-6,8H,1H3,(H,19,20)(H,16,17,18)/p-1/t8-/m0/s1. The average molecular weight is 300 g/mol. The van der Waals surface area contributed by atoms with E-state index in [-0.39, 0.29) is 16.4 Å². The second-order valence-electron chi connectivity index (χ2n) is 4.15. The lowest BCUT2D eigenvalue weighted by Gasteiger charge is -2.12. The molecule has 0 saturated carbocycles. The predicted octanol–water partition coefficient (Wildman–Crippen LogP) is 0.539. The first-order valence-corrected chi connectivity index (χ1v) is 6.88. The summed E-state index contributed by atoms with van der Waals surface area (Å²) >= 11 is 0.856. The Morgan fingerprint density at radius 1 is 1.43 bits per heavy atom. The summed E-state index contributed by atoms with van der Waals surface area (Å²) in [5.74, 6) is -1.26. The van der Waals surface area contributed by atoms with Gasteiger partial charge >= 0.3 is 0 Å². The van der Waals surface area contributed by atoms with Crippen molar-refractivity contribution in [3.8, 4) is 17.3 Å². The van der Waals surface area contributed by atoms with Gasteiger partial charge in [0, 0.05) is 10.8 Å². The van der Waals surface area contributed by atoms with E-state index in [2.05, 4.69) is 9.97 Å². The minimum absolute atomic E-state index is 0.105. The fourth-order valence-corrected chi connectivity index (χ4v) is 2.36. The number of carbonyl (C=O) groups is 1. The van der Waals surface area contributed by atoms with Gasteiger partial charge in [-0.1, -0.05) is 42.1 Å². The Balaban J connectivity index is 2.54. The van der Waals surface area contributed by atoms with Crippen LogP contribution in [-0.2, 0) is 4.79 Å². The minimum atomic E-state index is -1.26. The first-order chi connectivity index (χ1) is 10.0. The van der Waals surface area contributed by atoms with Gasteiger partial charge in [0.05, 0.1) is 11.7 Å². The zero-order valence-corrected chi connectivity index (χ0v) is 11.8. The molecule has 106 valence electrons. The van der Waals surface area contributed by atoms with Gasteiger partial charge in [-0.25, -0.2) is 4.98 Å². The largest absolute Gasteiger partial charge is 0.549 e. The summed E-state index contributed by atoms with van der Waals surface area (Å²) in [5.41, 5.74) is 0.143. The number of aromatic nitrogens is 2. The zero-order chi connectivity index (χ0) is 15.4. The quantitative estimate of drug-likeness (QED) is 0.652. The van der Waals surface area contributed by atoms with E-state index >= 15 is 0 Å². The van der Waals surface area contributed by atoms with Gasteiger partial charge in [0.15, 0.2) is 5.16 Å². The van der Waals surface area contributed by atoms with Crippen molar-refractivity contribution in [3.63, 3.8) is 0 Å². The van der Waals surface area contributed by atoms with Crippen molar-refractivity contribution in [1.29, 1.82) is 5.26 Å². The van der Waals surface area contributed by atoms with E-state index in [1.54, 1.807) is 30.3 Å². The Morgan fingerprint density at radius 3 is 2.67 bits per heavy atom. The summed E-state index contributed by atoms with van der Waals surface area (Å²) in [6.45, 7) is 1.43. The van der Waals surface area contributed by atoms with Crippen molar-refractivity contribution in [1.82, 2.24) is 9.97 Å². The van der Waals surface area contributed by atoms with E-state index in [0.29, 0.717) is 5.56 Å². The van der Waals surface area contributed by atoms with Crippen molar-refractivity contribution >= 4 is 17.7 Å². The Morgan fingerprint density at radius 2 is 2.10 bits per heavy atom. The lowest BCUT2D eigenvalue weighted by atomic mass is 10.1. The van der Waals surface area contributed by atoms with Crippen molar-refractivity contribution in [3.05, 3.63) is 46.2 Å². The number of H-pyrrole nitrogens is 1. The highest BCUT2D eigenvalue weighted by molar-refractivity contribution is 8.00. The number of nitrogens with zero attached hydrogens (tertiary/aromatic N) is 2. The van der Waals surface area contributed by atoms with Crippen LogP contribution in [0.3, 0.4) is 0 Å². The zero-order valence-electron chi connectivity index (χ0n) is 11.0. The van der Waals surface area contributed by atoms with Crippen LogP contribution < -0.4 is 10.7 Å². The molecule has 6 nitrogen and oxygen atoms in total. The van der Waals surface area contributed by atoms with Gasteiger partial charge in [0.1, 0.15) is 11.6 Å². The van der Waals surface area contributed by atoms with Gasteiger partial charge in [-0.3, -0.25) is 4.79 Å². The van der Waals surface area contributed by atoms with Crippen molar-refractivity contribution in [2.24, 2.45) is 0 Å². The van der Waals surface area contributed by atoms with Crippen LogP contribution in [0.1, 0.15) is 12.5 Å². The smallest absolute Gasteiger partial charge is 0.270 e. The number of carboxylic acid groups (broad SMARTS) is 1. The van der Waals surface area contributed by atoms with E-state index in [1.165, 1.54) is 6.92 Å². The first kappa shape index (κ1) is 14.8. The van der Waals surface area contributed by atoms with Crippen LogP contribution in [0.15, 0.2) is 40.3 Å². The maximum absolute atomic E-state index is 11.9. The predicted molar refractivity (Wildman–Crippen MR) is 75.3 cm³/mol. The Kier molecular flexibility index (Phi) is 4.40. The molecule has 1 atom stereocenters. The molecule has 0 amide bonds. The van der Waals surface area contributed by atoms with E-state index in [9.17, 15) is 14.7 Å². The molecule has 0 aliphatic carbocycles. The maximum atomic E-state index is 11.9. The van der Waals surface area contributed by atoms with Crippen LogP contribution >= 0.6 is 11.8 Å². The lowest BCUT2D eigenvalue weighted by Crippen LogP contribution is -2.31. The van der Waals surface area contributed by atoms with Gasteiger partial charge in [-0.15, -0.1) is 0 Å². The van der Waals surface area contributed by atoms with Crippen LogP contribution in [0, 0.1) is 11.3 Å². The number of thioether (sulfide) groups is 1. The summed E-state index contributed by atoms with van der Waals surface area (Å²) < 4.78 is 0. The van der Waals surface area contributed by atoms with Crippen LogP contribution in [0.25, 0.3) is 11.3 Å². The Bertz CT molecular complexity index is 765. The van der Waals surface area contributed by atoms with Crippen LogP contribution in [0.5, 0.6) is 0 Å². The molecule has 1 aromatic carbocycles. The molecule has 7 heteroatoms. The highest BCUT2D eigenvalue weighted by atomic mass is 32.2. The summed E-state index contributed by atoms with van der Waals surface area (Å²) in [7, 11) is 0. The van der Waals surface area contributed by atoms with Crippen LogP contribution in [0.2, 0.25) is 0 Å². The molecule has 0 aliphatic rings. The molecule has 1 aromatic heterocycles. The molecule has 1 N–H and O–H groups in total. The third kappa shape index (κ3) is 3.30. The molecule has 0 aliphatic heterocycles. The molecule has 2 aromatic rings. The molecule has 21 heavy (non-hydrogen) atoms. The van der Waals surface area contributed by atoms with Gasteiger partial charge < -0.3 is 14.9 Å². The molecule has 0 saturated heterocycles. The second kappa shape index (κ2) is 6.24. The van der Waals surface area contributed by atoms with E-state index < -0.39 is 16.8 Å². The summed E-state index contributed by atoms with van der Waals surface area (Å²) in [6, 6.07) is 10.6. The number of nitrogens with one attached hydrogen (secondary N) is 1. The fourth-order valence-electron chi connectivity index (χ4n) is 1.63. The third-order valence-electron chi connectivity index (χ3n) is 2.68. The maximum Gasteiger partial charge on any atom is 0.270 e. The highest BCUT2D eigenvalue weighted by Crippen LogP contribution is 2.23. The topological polar surface area (TPSA) is 110 Å². The average Bonchev–Trinajstić information content (AvgIpc) is 2.47. The summed E-state index contributed by atoms with van der Waals surface area (Å²) in [5, 5.41) is 19.1. The highest BCUT2D eigenvalue weighted by Gasteiger charge is 2.15. The number of aliphatic carboxylic acids is 1. The number of hydrogen-bond acceptors (Lipinski definition) is 6. The molecule has 2 rings (SSSR count). The molecular weight excluding hydrogens is 290 g/mol. The number of hydrogen-bond donors (Lipinski definition) is 1. The fraction of sp³-hybridized carbons (Fsp3) is 0.143. The second-order valence-corrected chi connectivity index (χ2v) is 5.48. The first-order valence-electron chi connectivity index (χ1n) is 6.00. The summed E-state index contributed by atoms with van der Waals surface area (Å²) in [6.07, 6.45) is 0. The monoisotopic (exact) mass is 300 g/mol. The molecule has 1 heterocycles. The van der Waals surface area contributed by atoms with Crippen molar-refractivity contribution < 1.29 is 9.90 Å². The number of benzene rings is 1. The number of carbonyl (C=O) groups excluding carboxylic acids is 1. The molecule has 0 unspecified atom stereocenters.